The van der Waals surface area contributed by atoms with Crippen LogP contribution < -0.4 is 20.7 Å². The summed E-state index contributed by atoms with van der Waals surface area (Å²) in [6.45, 7) is 3.10. The number of nitrogens with one attached hydrogen (secondary N) is 3. The molecule has 0 unspecified atom stereocenters. The molecule has 0 aromatic heterocycles. The van der Waals surface area contributed by atoms with Crippen LogP contribution in [0.1, 0.15) is 12.5 Å². The molecule has 0 saturated heterocycles. The SMILES string of the molecule is CCOC(=O)NCCN/C=C(/C#N)C(=O)NCCc1ccc(OC)cc1. The highest BCUT2D eigenvalue weighted by molar-refractivity contribution is 5.97. The molecule has 1 aromatic carbocycles. The van der Waals surface area contributed by atoms with E-state index in [0.717, 1.165) is 11.3 Å². The lowest BCUT2D eigenvalue weighted by Crippen LogP contribution is -2.31. The number of hydrogen-bond donors (Lipinski definition) is 3. The zero-order valence-corrected chi connectivity index (χ0v) is 15.0. The van der Waals surface area contributed by atoms with Crippen molar-refractivity contribution in [1.29, 1.82) is 5.26 Å². The Balaban J connectivity index is 2.31. The molecule has 0 aliphatic rings. The standard InChI is InChI=1S/C18H24N4O4/c1-3-26-18(24)22-11-10-20-13-15(12-19)17(23)21-9-8-14-4-6-16(25-2)7-5-14/h4-7,13,20H,3,8-11H2,1-2H3,(H,21,23)(H,22,24)/b15-13-. The number of carbonyl (C=O) groups excluding carboxylic acids is 2. The maximum absolute atomic E-state index is 12.0. The number of nitriles is 1. The fourth-order valence-electron chi connectivity index (χ4n) is 1.95. The lowest BCUT2D eigenvalue weighted by atomic mass is 10.1. The van der Waals surface area contributed by atoms with Crippen molar-refractivity contribution in [3.63, 3.8) is 0 Å². The number of rotatable bonds is 10. The van der Waals surface area contributed by atoms with E-state index < -0.39 is 12.0 Å². The summed E-state index contributed by atoms with van der Waals surface area (Å²) in [6, 6.07) is 9.39. The van der Waals surface area contributed by atoms with Gasteiger partial charge >= 0.3 is 6.09 Å². The Labute approximate surface area is 153 Å². The Morgan fingerprint density at radius 2 is 1.88 bits per heavy atom. The fraction of sp³-hybridized carbons (Fsp3) is 0.389. The predicted octanol–water partition coefficient (Wildman–Crippen LogP) is 1.10. The van der Waals surface area contributed by atoms with E-state index >= 15 is 0 Å². The number of hydrogen-bond acceptors (Lipinski definition) is 6. The van der Waals surface area contributed by atoms with E-state index in [2.05, 4.69) is 16.0 Å². The van der Waals surface area contributed by atoms with Crippen molar-refractivity contribution in [2.45, 2.75) is 13.3 Å². The van der Waals surface area contributed by atoms with Crippen molar-refractivity contribution >= 4 is 12.0 Å². The average molecular weight is 360 g/mol. The predicted molar refractivity (Wildman–Crippen MR) is 96.4 cm³/mol. The van der Waals surface area contributed by atoms with Gasteiger partial charge in [-0.25, -0.2) is 4.79 Å². The van der Waals surface area contributed by atoms with E-state index in [9.17, 15) is 9.59 Å². The van der Waals surface area contributed by atoms with Crippen molar-refractivity contribution in [2.75, 3.05) is 33.4 Å². The molecule has 0 saturated carbocycles. The first kappa shape index (κ1) is 20.8. The molecule has 1 rings (SSSR count). The minimum absolute atomic E-state index is 0.0316. The summed E-state index contributed by atoms with van der Waals surface area (Å²) in [4.78, 5) is 23.0. The van der Waals surface area contributed by atoms with Crippen LogP contribution in [0.3, 0.4) is 0 Å². The number of carbonyl (C=O) groups is 2. The van der Waals surface area contributed by atoms with E-state index in [1.165, 1.54) is 6.20 Å². The van der Waals surface area contributed by atoms with Crippen molar-refractivity contribution in [3.05, 3.63) is 41.6 Å². The topological polar surface area (TPSA) is 112 Å². The van der Waals surface area contributed by atoms with E-state index in [1.54, 1.807) is 14.0 Å². The zero-order chi connectivity index (χ0) is 19.2. The molecular weight excluding hydrogens is 336 g/mol. The van der Waals surface area contributed by atoms with Crippen LogP contribution in [0.15, 0.2) is 36.0 Å². The highest BCUT2D eigenvalue weighted by Crippen LogP contribution is 2.11. The number of alkyl carbamates (subject to hydrolysis) is 1. The van der Waals surface area contributed by atoms with Gasteiger partial charge in [0.1, 0.15) is 17.4 Å². The van der Waals surface area contributed by atoms with E-state index in [1.807, 2.05) is 30.3 Å². The minimum Gasteiger partial charge on any atom is -0.497 e. The van der Waals surface area contributed by atoms with Crippen LogP contribution in [0.25, 0.3) is 0 Å². The summed E-state index contributed by atoms with van der Waals surface area (Å²) < 4.78 is 9.79. The Kier molecular flexibility index (Phi) is 9.77. The fourth-order valence-corrected chi connectivity index (χ4v) is 1.95. The molecule has 0 aliphatic heterocycles. The van der Waals surface area contributed by atoms with Crippen LogP contribution in [-0.4, -0.2) is 45.4 Å². The maximum atomic E-state index is 12.0. The number of amides is 2. The number of ether oxygens (including phenoxy) is 2. The van der Waals surface area contributed by atoms with Gasteiger partial charge < -0.3 is 25.4 Å². The molecule has 3 N–H and O–H groups in total. The lowest BCUT2D eigenvalue weighted by molar-refractivity contribution is -0.117. The van der Waals surface area contributed by atoms with Crippen molar-refractivity contribution < 1.29 is 19.1 Å². The van der Waals surface area contributed by atoms with E-state index in [0.29, 0.717) is 32.7 Å². The van der Waals surface area contributed by atoms with Gasteiger partial charge in [0.15, 0.2) is 0 Å². The van der Waals surface area contributed by atoms with E-state index in [4.69, 9.17) is 14.7 Å². The van der Waals surface area contributed by atoms with Gasteiger partial charge in [-0.2, -0.15) is 5.26 Å². The third-order valence-electron chi connectivity index (χ3n) is 3.28. The molecule has 1 aromatic rings. The molecule has 2 amide bonds. The summed E-state index contributed by atoms with van der Waals surface area (Å²) in [7, 11) is 1.60. The molecule has 0 bridgehead atoms. The van der Waals surface area contributed by atoms with Gasteiger partial charge in [-0.3, -0.25) is 4.79 Å². The van der Waals surface area contributed by atoms with Gasteiger partial charge in [-0.15, -0.1) is 0 Å². The smallest absolute Gasteiger partial charge is 0.407 e. The molecule has 26 heavy (non-hydrogen) atoms. The summed E-state index contributed by atoms with van der Waals surface area (Å²) in [5.74, 6) is 0.322. The minimum atomic E-state index is -0.505. The summed E-state index contributed by atoms with van der Waals surface area (Å²) in [6.07, 6.45) is 1.47. The molecule has 0 atom stereocenters. The van der Waals surface area contributed by atoms with Gasteiger partial charge in [0, 0.05) is 25.8 Å². The maximum Gasteiger partial charge on any atom is 0.407 e. The second-order valence-corrected chi connectivity index (χ2v) is 5.13. The van der Waals surface area contributed by atoms with Crippen LogP contribution in [0.4, 0.5) is 4.79 Å². The van der Waals surface area contributed by atoms with Gasteiger partial charge in [-0.1, -0.05) is 12.1 Å². The van der Waals surface area contributed by atoms with Crippen LogP contribution in [0, 0.1) is 11.3 Å². The van der Waals surface area contributed by atoms with Crippen LogP contribution in [-0.2, 0) is 16.0 Å². The lowest BCUT2D eigenvalue weighted by Gasteiger charge is -2.07. The molecule has 140 valence electrons. The Bertz CT molecular complexity index is 650. The van der Waals surface area contributed by atoms with Crippen LogP contribution in [0.2, 0.25) is 0 Å². The first-order chi connectivity index (χ1) is 12.6. The van der Waals surface area contributed by atoms with Gasteiger partial charge in [-0.05, 0) is 31.0 Å². The van der Waals surface area contributed by atoms with Crippen molar-refractivity contribution in [2.24, 2.45) is 0 Å². The number of methoxy groups -OCH3 is 1. The molecule has 8 nitrogen and oxygen atoms in total. The normalized spacial score (nSPS) is 10.4. The third-order valence-corrected chi connectivity index (χ3v) is 3.28. The van der Waals surface area contributed by atoms with Crippen molar-refractivity contribution in [1.82, 2.24) is 16.0 Å². The van der Waals surface area contributed by atoms with Crippen molar-refractivity contribution in [3.8, 4) is 11.8 Å². The van der Waals surface area contributed by atoms with Gasteiger partial charge in [0.05, 0.1) is 13.7 Å². The monoisotopic (exact) mass is 360 g/mol. The van der Waals surface area contributed by atoms with Crippen LogP contribution >= 0.6 is 0 Å². The zero-order valence-electron chi connectivity index (χ0n) is 15.0. The molecule has 0 heterocycles. The Morgan fingerprint density at radius 1 is 1.15 bits per heavy atom. The molecule has 0 fully saturated rings. The number of benzene rings is 1. The molecule has 8 heteroatoms. The summed E-state index contributed by atoms with van der Waals surface area (Å²) in [5.41, 5.74) is 1.02. The summed E-state index contributed by atoms with van der Waals surface area (Å²) >= 11 is 0. The Hall–Kier alpha value is -3.21. The second kappa shape index (κ2) is 12.2. The quantitative estimate of drug-likeness (QED) is 0.327. The van der Waals surface area contributed by atoms with E-state index in [-0.39, 0.29) is 5.57 Å². The highest BCUT2D eigenvalue weighted by atomic mass is 16.5. The van der Waals surface area contributed by atoms with Gasteiger partial charge in [0.2, 0.25) is 0 Å². The number of nitrogens with zero attached hydrogens (tertiary/aromatic N) is 1. The molecular formula is C18H24N4O4. The first-order valence-corrected chi connectivity index (χ1v) is 8.26. The average Bonchev–Trinajstić information content (AvgIpc) is 2.65. The molecule has 0 spiro atoms. The largest absolute Gasteiger partial charge is 0.497 e. The first-order valence-electron chi connectivity index (χ1n) is 8.26. The molecule has 0 aliphatic carbocycles. The highest BCUT2D eigenvalue weighted by Gasteiger charge is 2.08. The second-order valence-electron chi connectivity index (χ2n) is 5.13. The van der Waals surface area contributed by atoms with Gasteiger partial charge in [0.25, 0.3) is 5.91 Å². The Morgan fingerprint density at radius 3 is 2.50 bits per heavy atom. The molecule has 0 radical (unpaired) electrons. The summed E-state index contributed by atoms with van der Waals surface area (Å²) in [5, 5.41) is 17.1. The van der Waals surface area contributed by atoms with Crippen LogP contribution in [0.5, 0.6) is 5.75 Å². The third kappa shape index (κ3) is 8.06.